The van der Waals surface area contributed by atoms with Crippen LogP contribution in [0.4, 0.5) is 10.1 Å². The molecule has 4 rings (SSSR count). The largest absolute Gasteiger partial charge is 0.460 e. The molecule has 0 bridgehead atoms. The number of halogens is 1. The molecule has 0 radical (unpaired) electrons. The minimum absolute atomic E-state index is 0.184. The first-order valence-corrected chi connectivity index (χ1v) is 10.0. The molecule has 0 spiro atoms. The molecule has 0 saturated heterocycles. The van der Waals surface area contributed by atoms with E-state index in [0.29, 0.717) is 22.4 Å². The van der Waals surface area contributed by atoms with Crippen LogP contribution < -0.4 is 10.1 Å². The third-order valence-corrected chi connectivity index (χ3v) is 4.64. The van der Waals surface area contributed by atoms with Crippen LogP contribution in [0.15, 0.2) is 91.8 Å². The van der Waals surface area contributed by atoms with Crippen LogP contribution in [0.25, 0.3) is 22.0 Å². The van der Waals surface area contributed by atoms with E-state index in [4.69, 9.17) is 4.74 Å². The lowest BCUT2D eigenvalue weighted by atomic mass is 10.0. The Morgan fingerprint density at radius 3 is 2.76 bits per heavy atom. The molecular formula is C25H20FN5O2. The number of fused-ring (bicyclic) bond motifs is 1. The summed E-state index contributed by atoms with van der Waals surface area (Å²) in [6.07, 6.45) is 12.9. The topological polar surface area (TPSA) is 92.8 Å². The Morgan fingerprint density at radius 1 is 1.09 bits per heavy atom. The van der Waals surface area contributed by atoms with E-state index in [2.05, 4.69) is 32.1 Å². The summed E-state index contributed by atoms with van der Waals surface area (Å²) in [7, 11) is 0. The van der Waals surface area contributed by atoms with Gasteiger partial charge in [0.05, 0.1) is 29.8 Å². The van der Waals surface area contributed by atoms with Crippen molar-refractivity contribution >= 4 is 22.5 Å². The molecule has 1 amide bonds. The van der Waals surface area contributed by atoms with Gasteiger partial charge in [-0.25, -0.2) is 4.39 Å². The summed E-state index contributed by atoms with van der Waals surface area (Å²) in [6, 6.07) is 8.62. The van der Waals surface area contributed by atoms with E-state index in [9.17, 15) is 9.18 Å². The van der Waals surface area contributed by atoms with Gasteiger partial charge >= 0.3 is 0 Å². The fourth-order valence-electron chi connectivity index (χ4n) is 3.16. The predicted octanol–water partition coefficient (Wildman–Crippen LogP) is 5.44. The number of ether oxygens (including phenoxy) is 1. The monoisotopic (exact) mass is 441 g/mol. The normalized spacial score (nSPS) is 11.6. The van der Waals surface area contributed by atoms with Gasteiger partial charge in [-0.1, -0.05) is 30.9 Å². The molecule has 164 valence electrons. The lowest BCUT2D eigenvalue weighted by Crippen LogP contribution is -2.13. The molecule has 7 nitrogen and oxygen atoms in total. The molecule has 0 aliphatic rings. The van der Waals surface area contributed by atoms with Crippen molar-refractivity contribution in [2.45, 2.75) is 6.92 Å². The zero-order valence-electron chi connectivity index (χ0n) is 17.7. The van der Waals surface area contributed by atoms with Crippen LogP contribution in [0.2, 0.25) is 0 Å². The van der Waals surface area contributed by atoms with Crippen LogP contribution in [-0.2, 0) is 0 Å². The summed E-state index contributed by atoms with van der Waals surface area (Å²) in [4.78, 5) is 20.7. The molecule has 0 aliphatic carbocycles. The number of amides is 1. The fraction of sp³-hybridized carbons (Fsp3) is 0.0400. The maximum atomic E-state index is 13.4. The van der Waals surface area contributed by atoms with Crippen molar-refractivity contribution in [2.24, 2.45) is 0 Å². The standard InChI is InChI=1S/C25H20FN5O2/c1-3-4-5-6-16(2)33-21-9-18(12-27-15-21)17-7-8-23-22(10-17)24(31-30-23)25(32)29-20-11-19(26)13-28-14-20/h3-15H,1H2,2H3,(H,29,32)(H,30,31)/b5-4-,16-6+. The van der Waals surface area contributed by atoms with Gasteiger partial charge in [0, 0.05) is 23.2 Å². The number of carbonyl (C=O) groups excluding carboxylic acids is 1. The Kier molecular flexibility index (Phi) is 6.36. The highest BCUT2D eigenvalue weighted by Gasteiger charge is 2.16. The number of aromatic nitrogens is 4. The van der Waals surface area contributed by atoms with Crippen molar-refractivity contribution in [3.05, 3.63) is 103 Å². The number of hydrogen-bond acceptors (Lipinski definition) is 5. The maximum absolute atomic E-state index is 13.4. The van der Waals surface area contributed by atoms with E-state index in [-0.39, 0.29) is 11.4 Å². The van der Waals surface area contributed by atoms with Crippen molar-refractivity contribution in [2.75, 3.05) is 5.32 Å². The number of anilines is 1. The highest BCUT2D eigenvalue weighted by atomic mass is 19.1. The smallest absolute Gasteiger partial charge is 0.276 e. The molecule has 0 aliphatic heterocycles. The lowest BCUT2D eigenvalue weighted by molar-refractivity contribution is 0.102. The van der Waals surface area contributed by atoms with Gasteiger partial charge in [0.25, 0.3) is 5.91 Å². The van der Waals surface area contributed by atoms with Gasteiger partial charge in [-0.05, 0) is 36.8 Å². The van der Waals surface area contributed by atoms with Gasteiger partial charge in [-0.3, -0.25) is 19.9 Å². The second-order valence-electron chi connectivity index (χ2n) is 7.09. The number of H-pyrrole nitrogens is 1. The summed E-state index contributed by atoms with van der Waals surface area (Å²) < 4.78 is 19.2. The lowest BCUT2D eigenvalue weighted by Gasteiger charge is -2.08. The third-order valence-electron chi connectivity index (χ3n) is 4.64. The Bertz CT molecular complexity index is 1390. The van der Waals surface area contributed by atoms with Crippen molar-refractivity contribution < 1.29 is 13.9 Å². The minimum atomic E-state index is -0.543. The molecule has 4 aromatic rings. The highest BCUT2D eigenvalue weighted by molar-refractivity contribution is 6.11. The summed E-state index contributed by atoms with van der Waals surface area (Å²) in [5, 5.41) is 10.2. The maximum Gasteiger partial charge on any atom is 0.276 e. The van der Waals surface area contributed by atoms with Crippen LogP contribution in [-0.4, -0.2) is 26.1 Å². The number of pyridine rings is 2. The van der Waals surface area contributed by atoms with E-state index in [0.717, 1.165) is 17.3 Å². The zero-order chi connectivity index (χ0) is 23.2. The molecule has 3 aromatic heterocycles. The van der Waals surface area contributed by atoms with Gasteiger partial charge in [0.15, 0.2) is 5.69 Å². The number of rotatable bonds is 7. The Hall–Kier alpha value is -4.59. The van der Waals surface area contributed by atoms with E-state index in [1.807, 2.05) is 43.3 Å². The first-order valence-electron chi connectivity index (χ1n) is 10.0. The van der Waals surface area contributed by atoms with Crippen LogP contribution in [0.1, 0.15) is 17.4 Å². The number of nitrogens with zero attached hydrogens (tertiary/aromatic N) is 3. The summed E-state index contributed by atoms with van der Waals surface area (Å²) in [6.45, 7) is 5.47. The minimum Gasteiger partial charge on any atom is -0.460 e. The number of carbonyl (C=O) groups is 1. The average molecular weight is 441 g/mol. The number of allylic oxidation sites excluding steroid dienone is 5. The van der Waals surface area contributed by atoms with Crippen molar-refractivity contribution in [1.29, 1.82) is 0 Å². The molecule has 2 N–H and O–H groups in total. The van der Waals surface area contributed by atoms with E-state index >= 15 is 0 Å². The second-order valence-corrected chi connectivity index (χ2v) is 7.09. The Labute approximate surface area is 189 Å². The molecule has 33 heavy (non-hydrogen) atoms. The quantitative estimate of drug-likeness (QED) is 0.294. The molecule has 0 atom stereocenters. The molecule has 0 unspecified atom stereocenters. The molecule has 0 fully saturated rings. The fourth-order valence-corrected chi connectivity index (χ4v) is 3.16. The molecule has 0 saturated carbocycles. The van der Waals surface area contributed by atoms with Crippen LogP contribution in [0.3, 0.4) is 0 Å². The molecule has 3 heterocycles. The number of aromatic amines is 1. The predicted molar refractivity (Wildman–Crippen MR) is 125 cm³/mol. The van der Waals surface area contributed by atoms with Crippen LogP contribution in [0.5, 0.6) is 5.75 Å². The first-order chi connectivity index (χ1) is 16.0. The van der Waals surface area contributed by atoms with Gasteiger partial charge in [-0.2, -0.15) is 5.10 Å². The average Bonchev–Trinajstić information content (AvgIpc) is 3.23. The van der Waals surface area contributed by atoms with Gasteiger partial charge < -0.3 is 10.1 Å². The van der Waals surface area contributed by atoms with Crippen LogP contribution in [0, 0.1) is 5.82 Å². The van der Waals surface area contributed by atoms with E-state index in [1.54, 1.807) is 24.5 Å². The van der Waals surface area contributed by atoms with Crippen molar-refractivity contribution in [1.82, 2.24) is 20.2 Å². The number of hydrogen-bond donors (Lipinski definition) is 2. The SMILES string of the molecule is C=C/C=C\C=C(/C)Oc1cncc(-c2ccc3[nH]nc(C(=O)Nc4cncc(F)c4)c3c2)c1. The zero-order valence-corrected chi connectivity index (χ0v) is 17.7. The van der Waals surface area contributed by atoms with E-state index in [1.165, 1.54) is 12.3 Å². The van der Waals surface area contributed by atoms with Crippen LogP contribution >= 0.6 is 0 Å². The van der Waals surface area contributed by atoms with Crippen molar-refractivity contribution in [3.63, 3.8) is 0 Å². The third kappa shape index (κ3) is 5.19. The molecular weight excluding hydrogens is 421 g/mol. The molecule has 8 heteroatoms. The second kappa shape index (κ2) is 9.69. The molecule has 1 aromatic carbocycles. The van der Waals surface area contributed by atoms with Gasteiger partial charge in [0.1, 0.15) is 17.3 Å². The number of benzene rings is 1. The highest BCUT2D eigenvalue weighted by Crippen LogP contribution is 2.28. The summed E-state index contributed by atoms with van der Waals surface area (Å²) in [5.41, 5.74) is 2.76. The first kappa shape index (κ1) is 21.6. The van der Waals surface area contributed by atoms with Gasteiger partial charge in [0.2, 0.25) is 0 Å². The Balaban J connectivity index is 1.61. The number of nitrogens with one attached hydrogen (secondary N) is 2. The van der Waals surface area contributed by atoms with Crippen molar-refractivity contribution in [3.8, 4) is 16.9 Å². The Morgan fingerprint density at radius 2 is 1.94 bits per heavy atom. The summed E-state index contributed by atoms with van der Waals surface area (Å²) in [5.74, 6) is 0.257. The van der Waals surface area contributed by atoms with E-state index < -0.39 is 11.7 Å². The summed E-state index contributed by atoms with van der Waals surface area (Å²) >= 11 is 0. The van der Waals surface area contributed by atoms with Gasteiger partial charge in [-0.15, -0.1) is 0 Å².